The molecule has 10 atom stereocenters. The second-order valence-electron chi connectivity index (χ2n) is 22.4. The van der Waals surface area contributed by atoms with Gasteiger partial charge in [-0.1, -0.05) is 25.5 Å². The number of nitrogens with two attached hydrogens (primary N) is 1. The molecule has 4 aliphatic heterocycles. The first-order valence-corrected chi connectivity index (χ1v) is 31.1. The first kappa shape index (κ1) is 67.7. The van der Waals surface area contributed by atoms with Crippen LogP contribution in [0.25, 0.3) is 0 Å². The van der Waals surface area contributed by atoms with E-state index in [-0.39, 0.29) is 75.1 Å². The number of aliphatic hydroxyl groups is 1. The lowest BCUT2D eigenvalue weighted by Crippen LogP contribution is -2.60. The molecule has 0 saturated carbocycles. The average molecular weight is 1220 g/mol. The second kappa shape index (κ2) is 35.9. The Labute approximate surface area is 500 Å². The maximum atomic E-state index is 14.0. The number of unbranched alkanes of at least 4 members (excludes halogenated alkanes) is 1. The first-order valence-electron chi connectivity index (χ1n) is 30.0. The largest absolute Gasteiger partial charge is 0.391 e. The lowest BCUT2D eigenvalue weighted by atomic mass is 10.0. The van der Waals surface area contributed by atoms with Crippen LogP contribution in [0.5, 0.6) is 0 Å². The van der Waals surface area contributed by atoms with Gasteiger partial charge in [0.25, 0.3) is 0 Å². The van der Waals surface area contributed by atoms with Crippen LogP contribution in [-0.2, 0) is 72.0 Å². The lowest BCUT2D eigenvalue weighted by molar-refractivity contribution is -0.140. The molecule has 0 radical (unpaired) electrons. The van der Waals surface area contributed by atoms with Gasteiger partial charge < -0.3 is 82.8 Å². The Morgan fingerprint density at radius 1 is 0.776 bits per heavy atom. The van der Waals surface area contributed by atoms with E-state index >= 15 is 0 Å². The van der Waals surface area contributed by atoms with Crippen LogP contribution >= 0.6 is 11.8 Å². The lowest BCUT2D eigenvalue weighted by Gasteiger charge is -2.28. The number of nitrogens with one attached hydrogen (secondary N) is 10. The molecule has 2 unspecified atom stereocenters. The summed E-state index contributed by atoms with van der Waals surface area (Å²) in [6.07, 6.45) is 10.0. The smallest absolute Gasteiger partial charge is 0.315 e. The third-order valence-corrected chi connectivity index (χ3v) is 16.6. The van der Waals surface area contributed by atoms with Crippen LogP contribution < -0.4 is 53.6 Å². The van der Waals surface area contributed by atoms with Crippen molar-refractivity contribution in [3.8, 4) is 0 Å². The van der Waals surface area contributed by atoms with E-state index in [0.717, 1.165) is 25.0 Å². The van der Waals surface area contributed by atoms with Crippen molar-refractivity contribution in [3.63, 3.8) is 0 Å². The van der Waals surface area contributed by atoms with Gasteiger partial charge in [0.05, 0.1) is 74.9 Å². The SMILES string of the molecule is CC(C)C[C@@H]1NC(=O)[C@H]([C@H](C)O)NC(=O)[C@@H](N)Cc2cn(nn2)CCCC[C@@H](C(=O)NCCCOCCOCCOCCCNC(=O)CCCCC2SC[C@H]3NC(=O)N[C@@H]23)NC(=O)C2CCCN2C(=O)CNC(=O)[C@H](CCc2c[nH]cn2)NC1=O. The topological polar surface area (TPSA) is 398 Å². The van der Waals surface area contributed by atoms with Crippen LogP contribution in [-0.4, -0.2) is 220 Å². The number of aryl methyl sites for hydroxylation is 2. The van der Waals surface area contributed by atoms with Crippen molar-refractivity contribution in [1.82, 2.24) is 77.7 Å². The minimum absolute atomic E-state index is 0.0251. The maximum absolute atomic E-state index is 14.0. The van der Waals surface area contributed by atoms with Crippen LogP contribution in [0, 0.1) is 5.92 Å². The van der Waals surface area contributed by atoms with E-state index in [0.29, 0.717) is 114 Å². The number of nitrogens with zero attached hydrogens (tertiary/aromatic N) is 5. The first-order chi connectivity index (χ1) is 40.9. The van der Waals surface area contributed by atoms with Crippen LogP contribution in [0.3, 0.4) is 0 Å². The van der Waals surface area contributed by atoms with Crippen LogP contribution in [0.1, 0.15) is 116 Å². The molecule has 3 saturated heterocycles. The number of hydrogen-bond acceptors (Lipinski definition) is 18. The van der Waals surface area contributed by atoms with E-state index in [1.165, 1.54) is 18.2 Å². The number of thioether (sulfide) groups is 1. The Hall–Kier alpha value is -6.47. The van der Waals surface area contributed by atoms with Gasteiger partial charge in [-0.3, -0.25) is 43.0 Å². The van der Waals surface area contributed by atoms with Crippen molar-refractivity contribution in [1.29, 1.82) is 0 Å². The predicted octanol–water partition coefficient (Wildman–Crippen LogP) is -2.05. The molecule has 2 aromatic rings. The molecule has 13 N–H and O–H groups in total. The number of urea groups is 1. The summed E-state index contributed by atoms with van der Waals surface area (Å²) >= 11 is 1.88. The number of carbonyl (C=O) groups excluding carboxylic acids is 9. The summed E-state index contributed by atoms with van der Waals surface area (Å²) in [5.74, 6) is -3.73. The average Bonchev–Trinajstić information content (AvgIpc) is 4.56. The molecule has 3 fully saturated rings. The number of ether oxygens (including phenoxy) is 3. The van der Waals surface area contributed by atoms with Gasteiger partial charge in [0.1, 0.15) is 30.2 Å². The molecule has 0 spiro atoms. The summed E-state index contributed by atoms with van der Waals surface area (Å²) in [5, 5.41) is 44.6. The molecule has 10 amide bonds. The summed E-state index contributed by atoms with van der Waals surface area (Å²) in [4.78, 5) is 129. The number of hydrogen-bond donors (Lipinski definition) is 12. The number of imidazole rings is 1. The quantitative estimate of drug-likeness (QED) is 0.0356. The molecule has 0 aromatic carbocycles. The van der Waals surface area contributed by atoms with E-state index < -0.39 is 90.3 Å². The zero-order chi connectivity index (χ0) is 61.1. The van der Waals surface area contributed by atoms with E-state index in [2.05, 4.69) is 68.1 Å². The fourth-order valence-corrected chi connectivity index (χ4v) is 12.0. The molecule has 85 heavy (non-hydrogen) atoms. The van der Waals surface area contributed by atoms with E-state index in [4.69, 9.17) is 19.9 Å². The van der Waals surface area contributed by atoms with Crippen molar-refractivity contribution in [3.05, 3.63) is 30.1 Å². The summed E-state index contributed by atoms with van der Waals surface area (Å²) in [5.41, 5.74) is 7.25. The normalized spacial score (nSPS) is 25.3. The highest BCUT2D eigenvalue weighted by molar-refractivity contribution is 8.00. The van der Waals surface area contributed by atoms with Crippen molar-refractivity contribution in [2.75, 3.05) is 71.6 Å². The minimum atomic E-state index is -1.51. The predicted molar refractivity (Wildman–Crippen MR) is 311 cm³/mol. The van der Waals surface area contributed by atoms with Gasteiger partial charge in [-0.25, -0.2) is 9.78 Å². The number of rotatable bonds is 26. The van der Waals surface area contributed by atoms with Gasteiger partial charge in [-0.2, -0.15) is 11.8 Å². The van der Waals surface area contributed by atoms with Crippen LogP contribution in [0.4, 0.5) is 4.79 Å². The van der Waals surface area contributed by atoms with Gasteiger partial charge in [-0.15, -0.1) is 5.10 Å². The number of carbonyl (C=O) groups is 9. The van der Waals surface area contributed by atoms with E-state index in [1.54, 1.807) is 17.1 Å². The van der Waals surface area contributed by atoms with Crippen LogP contribution in [0.2, 0.25) is 0 Å². The molecule has 2 bridgehead atoms. The zero-order valence-electron chi connectivity index (χ0n) is 49.2. The van der Waals surface area contributed by atoms with Crippen LogP contribution in [0.15, 0.2) is 18.7 Å². The van der Waals surface area contributed by atoms with E-state index in [9.17, 15) is 48.3 Å². The number of aliphatic hydroxyl groups excluding tert-OH is 1. The summed E-state index contributed by atoms with van der Waals surface area (Å²) in [7, 11) is 0. The number of amides is 10. The highest BCUT2D eigenvalue weighted by Gasteiger charge is 2.43. The van der Waals surface area contributed by atoms with Crippen molar-refractivity contribution < 1.29 is 62.5 Å². The minimum Gasteiger partial charge on any atom is -0.391 e. The Balaban J connectivity index is 0.952. The highest BCUT2D eigenvalue weighted by Crippen LogP contribution is 2.33. The van der Waals surface area contributed by atoms with Crippen molar-refractivity contribution in [2.45, 2.75) is 183 Å². The standard InChI is InChI=1S/C55H90N16O13S/c1-34(2)27-41-52(78)62-40(16-15-36-29-57-33-61-36)51(77)60-30-46(74)71-20-8-12-43(71)53(79)63-39(11-6-7-19-70-31-37(68-69-70)28-38(56)49(75)66-47(35(3)72)54(80)64-41)50(76)59-18-10-22-83-24-26-84-25-23-82-21-9-17-58-45(73)14-5-4-13-44-48-42(32-85-44)65-55(81)67-48/h29,31,33-35,38-44,47-48,72H,4-28,30,32,56H2,1-3H3,(H,57,61)(H,58,73)(H,59,76)(H,60,77)(H,62,78)(H,63,79)(H,64,80)(H,66,75)(H2,65,67,81)/t35-,38-,39-,40-,41-,42+,43?,44?,47-,48+/m0/s1. The fourth-order valence-electron chi connectivity index (χ4n) is 10.4. The third-order valence-electron chi connectivity index (χ3n) is 15.1. The maximum Gasteiger partial charge on any atom is 0.315 e. The number of aromatic amines is 1. The Morgan fingerprint density at radius 3 is 2.22 bits per heavy atom. The van der Waals surface area contributed by atoms with Gasteiger partial charge in [-0.05, 0) is 89.9 Å². The summed E-state index contributed by atoms with van der Waals surface area (Å²) < 4.78 is 18.5. The molecule has 0 aliphatic carbocycles. The van der Waals surface area contributed by atoms with E-state index in [1.807, 2.05) is 25.6 Å². The molecule has 30 heteroatoms. The van der Waals surface area contributed by atoms with Crippen molar-refractivity contribution >= 4 is 65.1 Å². The molecule has 6 heterocycles. The zero-order valence-corrected chi connectivity index (χ0v) is 50.1. The number of H-pyrrole nitrogens is 1. The molecule has 4 aliphatic rings. The Morgan fingerprint density at radius 2 is 1.51 bits per heavy atom. The summed E-state index contributed by atoms with van der Waals surface area (Å²) in [6, 6.07) is -6.75. The Bertz CT molecular complexity index is 2470. The Kier molecular flexibility index (Phi) is 28.5. The molecule has 2 aromatic heterocycles. The van der Waals surface area contributed by atoms with Gasteiger partial charge in [0.2, 0.25) is 47.3 Å². The number of aromatic nitrogens is 5. The fraction of sp³-hybridized carbons (Fsp3) is 0.745. The highest BCUT2D eigenvalue weighted by atomic mass is 32.2. The summed E-state index contributed by atoms with van der Waals surface area (Å²) in [6.45, 7) is 8.10. The second-order valence-corrected chi connectivity index (χ2v) is 23.7. The third kappa shape index (κ3) is 23.0. The monoisotopic (exact) mass is 1210 g/mol. The van der Waals surface area contributed by atoms with Gasteiger partial charge in [0, 0.05) is 75.6 Å². The molecular weight excluding hydrogens is 1120 g/mol. The molecule has 474 valence electrons. The number of fused-ring (bicyclic) bond motifs is 4. The molecule has 6 rings (SSSR count). The van der Waals surface area contributed by atoms with Crippen molar-refractivity contribution in [2.24, 2.45) is 11.7 Å². The van der Waals surface area contributed by atoms with Gasteiger partial charge >= 0.3 is 6.03 Å². The van der Waals surface area contributed by atoms with Gasteiger partial charge in [0.15, 0.2) is 0 Å². The molecular formula is C55H90N16O13S. The molecule has 29 nitrogen and oxygen atoms in total.